The average molecular weight is 548 g/mol. The van der Waals surface area contributed by atoms with Crippen LogP contribution in [0, 0.1) is 0 Å². The fourth-order valence-corrected chi connectivity index (χ4v) is 4.96. The summed E-state index contributed by atoms with van der Waals surface area (Å²) in [4.78, 5) is 0. The summed E-state index contributed by atoms with van der Waals surface area (Å²) in [6.45, 7) is 7.10. The molecule has 0 amide bonds. The van der Waals surface area contributed by atoms with Gasteiger partial charge in [-0.05, 0) is 12.8 Å². The molecular formula is C31H63BrO2. The first-order valence-corrected chi connectivity index (χ1v) is 16.7. The van der Waals surface area contributed by atoms with Gasteiger partial charge in [-0.2, -0.15) is 0 Å². The molecule has 0 bridgehead atoms. The molecular weight excluding hydrogens is 484 g/mol. The smallest absolute Gasteiger partial charge is 0.0904 e. The number of ether oxygens (including phenoxy) is 2. The summed E-state index contributed by atoms with van der Waals surface area (Å²) < 4.78 is 11.9. The van der Waals surface area contributed by atoms with Crippen LogP contribution in [-0.4, -0.2) is 31.3 Å². The Kier molecular flexibility index (Phi) is 31.8. The molecule has 0 aliphatic heterocycles. The highest BCUT2D eigenvalue weighted by atomic mass is 79.9. The minimum absolute atomic E-state index is 0.213. The Morgan fingerprint density at radius 2 is 0.765 bits per heavy atom. The minimum atomic E-state index is 0.213. The third-order valence-corrected chi connectivity index (χ3v) is 7.69. The highest BCUT2D eigenvalue weighted by molar-refractivity contribution is 9.09. The maximum atomic E-state index is 6.02. The fraction of sp³-hybridized carbons (Fsp3) is 1.00. The van der Waals surface area contributed by atoms with Gasteiger partial charge in [-0.3, -0.25) is 0 Å². The van der Waals surface area contributed by atoms with Gasteiger partial charge in [-0.25, -0.2) is 0 Å². The van der Waals surface area contributed by atoms with E-state index in [1.165, 1.54) is 154 Å². The van der Waals surface area contributed by atoms with E-state index >= 15 is 0 Å². The number of rotatable bonds is 30. The quantitative estimate of drug-likeness (QED) is 0.0658. The van der Waals surface area contributed by atoms with Crippen LogP contribution in [0.1, 0.15) is 168 Å². The van der Waals surface area contributed by atoms with Crippen LogP contribution in [-0.2, 0) is 9.47 Å². The van der Waals surface area contributed by atoms with Gasteiger partial charge in [0, 0.05) is 18.5 Å². The molecule has 0 N–H and O–H groups in total. The van der Waals surface area contributed by atoms with Crippen molar-refractivity contribution in [1.82, 2.24) is 0 Å². The number of unbranched alkanes of at least 4 members (excludes halogenated alkanes) is 22. The van der Waals surface area contributed by atoms with Gasteiger partial charge < -0.3 is 9.47 Å². The molecule has 3 heteroatoms. The Bertz CT molecular complexity index is 350. The predicted octanol–water partition coefficient (Wildman–Crippen LogP) is 11.2. The second kappa shape index (κ2) is 31.4. The monoisotopic (exact) mass is 546 g/mol. The summed E-state index contributed by atoms with van der Waals surface area (Å²) in [6.07, 6.45) is 33.6. The first-order valence-electron chi connectivity index (χ1n) is 15.6. The van der Waals surface area contributed by atoms with Crippen molar-refractivity contribution >= 4 is 15.9 Å². The van der Waals surface area contributed by atoms with E-state index in [-0.39, 0.29) is 6.10 Å². The Balaban J connectivity index is 3.26. The molecule has 0 saturated heterocycles. The summed E-state index contributed by atoms with van der Waals surface area (Å²) in [6, 6.07) is 0. The molecule has 0 unspecified atom stereocenters. The fourth-order valence-electron chi connectivity index (χ4n) is 4.59. The molecule has 0 aliphatic rings. The van der Waals surface area contributed by atoms with Crippen LogP contribution in [0.25, 0.3) is 0 Å². The zero-order valence-electron chi connectivity index (χ0n) is 23.6. The normalized spacial score (nSPS) is 12.4. The predicted molar refractivity (Wildman–Crippen MR) is 157 cm³/mol. The summed E-state index contributed by atoms with van der Waals surface area (Å²) >= 11 is 3.59. The largest absolute Gasteiger partial charge is 0.379 e. The molecule has 1 atom stereocenters. The van der Waals surface area contributed by atoms with Gasteiger partial charge in [0.2, 0.25) is 0 Å². The Morgan fingerprint density at radius 3 is 1.12 bits per heavy atom. The molecule has 0 aromatic carbocycles. The van der Waals surface area contributed by atoms with Gasteiger partial charge in [0.15, 0.2) is 0 Å². The molecule has 0 saturated carbocycles. The van der Waals surface area contributed by atoms with Crippen LogP contribution in [0.4, 0.5) is 0 Å². The van der Waals surface area contributed by atoms with E-state index in [0.29, 0.717) is 0 Å². The molecule has 0 aromatic rings. The third-order valence-electron chi connectivity index (χ3n) is 6.97. The van der Waals surface area contributed by atoms with Gasteiger partial charge in [-0.1, -0.05) is 171 Å². The number of hydrogen-bond acceptors (Lipinski definition) is 2. The summed E-state index contributed by atoms with van der Waals surface area (Å²) in [5.74, 6) is 0. The minimum Gasteiger partial charge on any atom is -0.379 e. The lowest BCUT2D eigenvalue weighted by Crippen LogP contribution is -2.22. The molecule has 2 nitrogen and oxygen atoms in total. The first-order chi connectivity index (χ1) is 16.8. The van der Waals surface area contributed by atoms with E-state index < -0.39 is 0 Å². The maximum Gasteiger partial charge on any atom is 0.0904 e. The van der Waals surface area contributed by atoms with E-state index in [4.69, 9.17) is 9.47 Å². The number of halogens is 1. The molecule has 0 aromatic heterocycles. The maximum absolute atomic E-state index is 6.02. The van der Waals surface area contributed by atoms with Gasteiger partial charge >= 0.3 is 0 Å². The lowest BCUT2D eigenvalue weighted by molar-refractivity contribution is -0.00563. The molecule has 206 valence electrons. The summed E-state index contributed by atoms with van der Waals surface area (Å²) in [7, 11) is 0. The van der Waals surface area contributed by atoms with Crippen molar-refractivity contribution in [3.05, 3.63) is 0 Å². The van der Waals surface area contributed by atoms with Crippen molar-refractivity contribution in [1.29, 1.82) is 0 Å². The van der Waals surface area contributed by atoms with Crippen LogP contribution < -0.4 is 0 Å². The lowest BCUT2D eigenvalue weighted by atomic mass is 10.1. The van der Waals surface area contributed by atoms with Crippen molar-refractivity contribution in [2.75, 3.05) is 25.2 Å². The van der Waals surface area contributed by atoms with Crippen LogP contribution in [0.15, 0.2) is 0 Å². The van der Waals surface area contributed by atoms with E-state index in [1.54, 1.807) is 0 Å². The highest BCUT2D eigenvalue weighted by Gasteiger charge is 2.07. The third kappa shape index (κ3) is 28.6. The average Bonchev–Trinajstić information content (AvgIpc) is 2.85. The Labute approximate surface area is 224 Å². The van der Waals surface area contributed by atoms with Crippen LogP contribution in [0.5, 0.6) is 0 Å². The van der Waals surface area contributed by atoms with Gasteiger partial charge in [0.1, 0.15) is 0 Å². The SMILES string of the molecule is CCCCCCCCCCCCCCOC[C@@H](CBr)OCCCCCCCCCCCCCC. The molecule has 0 fully saturated rings. The van der Waals surface area contributed by atoms with Crippen molar-refractivity contribution < 1.29 is 9.47 Å². The van der Waals surface area contributed by atoms with Crippen molar-refractivity contribution in [3.63, 3.8) is 0 Å². The number of alkyl halides is 1. The Morgan fingerprint density at radius 1 is 0.441 bits per heavy atom. The molecule has 0 radical (unpaired) electrons. The zero-order chi connectivity index (χ0) is 24.8. The molecule has 0 rings (SSSR count). The number of hydrogen-bond donors (Lipinski definition) is 0. The van der Waals surface area contributed by atoms with Crippen molar-refractivity contribution in [3.8, 4) is 0 Å². The molecule has 0 aliphatic carbocycles. The van der Waals surface area contributed by atoms with Gasteiger partial charge in [0.05, 0.1) is 12.7 Å². The van der Waals surface area contributed by atoms with E-state index in [1.807, 2.05) is 0 Å². The second-order valence-electron chi connectivity index (χ2n) is 10.5. The highest BCUT2D eigenvalue weighted by Crippen LogP contribution is 2.13. The standard InChI is InChI=1S/C31H63BrO2/c1-3-5-7-9-11-13-15-17-19-21-23-25-27-33-30-31(29-32)34-28-26-24-22-20-18-16-14-12-10-8-6-4-2/h31H,3-30H2,1-2H3/t31-/m1/s1. The molecule has 0 heterocycles. The van der Waals surface area contributed by atoms with E-state index in [2.05, 4.69) is 29.8 Å². The lowest BCUT2D eigenvalue weighted by Gasteiger charge is -2.15. The molecule has 0 spiro atoms. The van der Waals surface area contributed by atoms with Gasteiger partial charge in [0.25, 0.3) is 0 Å². The van der Waals surface area contributed by atoms with Gasteiger partial charge in [-0.15, -0.1) is 0 Å². The molecule has 34 heavy (non-hydrogen) atoms. The van der Waals surface area contributed by atoms with E-state index in [0.717, 1.165) is 25.2 Å². The van der Waals surface area contributed by atoms with Crippen molar-refractivity contribution in [2.24, 2.45) is 0 Å². The van der Waals surface area contributed by atoms with E-state index in [9.17, 15) is 0 Å². The zero-order valence-corrected chi connectivity index (χ0v) is 25.2. The summed E-state index contributed by atoms with van der Waals surface area (Å²) in [5, 5.41) is 0.879. The van der Waals surface area contributed by atoms with Crippen molar-refractivity contribution in [2.45, 2.75) is 174 Å². The van der Waals surface area contributed by atoms with Crippen LogP contribution >= 0.6 is 15.9 Å². The van der Waals surface area contributed by atoms with Crippen LogP contribution in [0.3, 0.4) is 0 Å². The Hall–Kier alpha value is 0.400. The first kappa shape index (κ1) is 34.4. The van der Waals surface area contributed by atoms with Crippen LogP contribution in [0.2, 0.25) is 0 Å². The second-order valence-corrected chi connectivity index (χ2v) is 11.1. The summed E-state index contributed by atoms with van der Waals surface area (Å²) in [5.41, 5.74) is 0. The topological polar surface area (TPSA) is 18.5 Å².